The molecule has 5 rings (SSSR count). The van der Waals surface area contributed by atoms with Crippen molar-refractivity contribution in [2.24, 2.45) is 0 Å². The summed E-state index contributed by atoms with van der Waals surface area (Å²) in [5.74, 6) is -0.378. The van der Waals surface area contributed by atoms with Crippen LogP contribution in [0, 0.1) is 5.21 Å². The lowest BCUT2D eigenvalue weighted by atomic mass is 9.97. The average Bonchev–Trinajstić information content (AvgIpc) is 3.09. The number of amides is 1. The molecule has 1 fully saturated rings. The zero-order valence-corrected chi connectivity index (χ0v) is 26.2. The third-order valence-electron chi connectivity index (χ3n) is 7.85. The second kappa shape index (κ2) is 16.4. The summed E-state index contributed by atoms with van der Waals surface area (Å²) in [6.45, 7) is 0.338. The number of carbonyl (C=O) groups is 2. The normalized spacial score (nSPS) is 17.8. The number of hydrogen-bond acceptors (Lipinski definition) is 7. The Kier molecular flexibility index (Phi) is 11.8. The second-order valence-corrected chi connectivity index (χ2v) is 12.2. The Hall–Kier alpha value is -4.22. The standard InChI is InChI=1S/C36H38N2O7S/c39-23-25-12-14-27(15-13-25)32-21-30(24-46-34-10-5-6-20-38(34)43)44-36(45-32)28-18-16-26(17-19-28)31-8-2-1-7-29(31)22-37-33(40)9-3-4-11-35(41)42/h1-2,5-8,10,12-20,30,32,36,39H,3-4,9,11,21-24H2,(H,37,40)(H,41,42). The number of hydrogen-bond donors (Lipinski definition) is 3. The van der Waals surface area contributed by atoms with E-state index in [2.05, 4.69) is 5.32 Å². The third kappa shape index (κ3) is 9.17. The number of ether oxygens (including phenoxy) is 2. The van der Waals surface area contributed by atoms with Gasteiger partial charge < -0.3 is 30.2 Å². The Labute approximate surface area is 272 Å². The first-order chi connectivity index (χ1) is 22.4. The predicted molar refractivity (Wildman–Crippen MR) is 174 cm³/mol. The van der Waals surface area contributed by atoms with E-state index in [4.69, 9.17) is 14.6 Å². The summed E-state index contributed by atoms with van der Waals surface area (Å²) in [7, 11) is 0. The number of aromatic nitrogens is 1. The fourth-order valence-corrected chi connectivity index (χ4v) is 6.28. The molecule has 1 aliphatic heterocycles. The van der Waals surface area contributed by atoms with Crippen LogP contribution in [0.4, 0.5) is 0 Å². The Morgan fingerprint density at radius 3 is 2.35 bits per heavy atom. The molecule has 9 nitrogen and oxygen atoms in total. The van der Waals surface area contributed by atoms with Crippen LogP contribution in [0.15, 0.2) is 102 Å². The van der Waals surface area contributed by atoms with Crippen molar-refractivity contribution >= 4 is 23.6 Å². The van der Waals surface area contributed by atoms with E-state index in [0.29, 0.717) is 43.0 Å². The largest absolute Gasteiger partial charge is 0.618 e. The number of aliphatic hydroxyl groups is 1. The summed E-state index contributed by atoms with van der Waals surface area (Å²) < 4.78 is 13.8. The van der Waals surface area contributed by atoms with Crippen molar-refractivity contribution in [3.05, 3.63) is 125 Å². The van der Waals surface area contributed by atoms with Gasteiger partial charge in [-0.1, -0.05) is 84.6 Å². The summed E-state index contributed by atoms with van der Waals surface area (Å²) in [4.78, 5) is 23.0. The molecule has 0 saturated carbocycles. The van der Waals surface area contributed by atoms with Crippen molar-refractivity contribution in [3.8, 4) is 11.1 Å². The maximum atomic E-state index is 12.3. The van der Waals surface area contributed by atoms with Crippen LogP contribution in [0.5, 0.6) is 0 Å². The number of unbranched alkanes of at least 4 members (excludes halogenated alkanes) is 1. The summed E-state index contributed by atoms with van der Waals surface area (Å²) in [6.07, 6.45) is 2.43. The van der Waals surface area contributed by atoms with Gasteiger partial charge in [-0.25, -0.2) is 0 Å². The van der Waals surface area contributed by atoms with Crippen molar-refractivity contribution in [2.75, 3.05) is 5.75 Å². The van der Waals surface area contributed by atoms with Crippen molar-refractivity contribution < 1.29 is 34.0 Å². The van der Waals surface area contributed by atoms with Crippen LogP contribution in [-0.4, -0.2) is 33.9 Å². The molecule has 0 spiro atoms. The van der Waals surface area contributed by atoms with Crippen LogP contribution < -0.4 is 10.0 Å². The van der Waals surface area contributed by atoms with Crippen LogP contribution in [0.25, 0.3) is 11.1 Å². The number of rotatable bonds is 14. The van der Waals surface area contributed by atoms with E-state index < -0.39 is 12.3 Å². The minimum Gasteiger partial charge on any atom is -0.618 e. The second-order valence-electron chi connectivity index (χ2n) is 11.2. The maximum Gasteiger partial charge on any atom is 0.303 e. The van der Waals surface area contributed by atoms with Crippen LogP contribution in [0.3, 0.4) is 0 Å². The zero-order chi connectivity index (χ0) is 32.3. The number of carboxylic acid groups (broad SMARTS) is 1. The number of carbonyl (C=O) groups excluding carboxylic acids is 1. The van der Waals surface area contributed by atoms with E-state index >= 15 is 0 Å². The lowest BCUT2D eigenvalue weighted by Gasteiger charge is -2.36. The number of aliphatic carboxylic acids is 1. The Balaban J connectivity index is 1.28. The van der Waals surface area contributed by atoms with Gasteiger partial charge in [-0.15, -0.1) is 0 Å². The molecule has 46 heavy (non-hydrogen) atoms. The first-order valence-electron chi connectivity index (χ1n) is 15.4. The molecule has 10 heteroatoms. The van der Waals surface area contributed by atoms with Gasteiger partial charge >= 0.3 is 5.97 Å². The van der Waals surface area contributed by atoms with Gasteiger partial charge in [0, 0.05) is 49.3 Å². The number of carboxylic acids is 1. The summed E-state index contributed by atoms with van der Waals surface area (Å²) in [5, 5.41) is 34.1. The summed E-state index contributed by atoms with van der Waals surface area (Å²) in [6, 6.07) is 29.0. The molecule has 0 bridgehead atoms. The molecule has 3 aromatic carbocycles. The quantitative estimate of drug-likeness (QED) is 0.0653. The lowest BCUT2D eigenvalue weighted by molar-refractivity contribution is -0.645. The molecule has 1 saturated heterocycles. The minimum atomic E-state index is -0.852. The lowest BCUT2D eigenvalue weighted by Crippen LogP contribution is -2.32. The van der Waals surface area contributed by atoms with Crippen LogP contribution in [0.2, 0.25) is 0 Å². The number of pyridine rings is 1. The smallest absolute Gasteiger partial charge is 0.303 e. The molecular weight excluding hydrogens is 604 g/mol. The topological polar surface area (TPSA) is 132 Å². The molecule has 1 aromatic heterocycles. The third-order valence-corrected chi connectivity index (χ3v) is 9.00. The molecular formula is C36H38N2O7S. The molecule has 240 valence electrons. The highest BCUT2D eigenvalue weighted by atomic mass is 32.2. The highest BCUT2D eigenvalue weighted by Crippen LogP contribution is 2.39. The molecule has 0 aliphatic carbocycles. The van der Waals surface area contributed by atoms with Crippen LogP contribution in [-0.2, 0) is 32.2 Å². The Morgan fingerprint density at radius 2 is 1.61 bits per heavy atom. The van der Waals surface area contributed by atoms with Gasteiger partial charge in [0.1, 0.15) is 0 Å². The van der Waals surface area contributed by atoms with Gasteiger partial charge in [-0.2, -0.15) is 4.73 Å². The SMILES string of the molecule is O=C(O)CCCCC(=O)NCc1ccccc1-c1ccc(C2OC(CSc3cccc[n+]3[O-])CC(c3ccc(CO)cc3)O2)cc1. The van der Waals surface area contributed by atoms with Crippen molar-refractivity contribution in [3.63, 3.8) is 0 Å². The van der Waals surface area contributed by atoms with Crippen molar-refractivity contribution in [2.45, 2.75) is 68.8 Å². The van der Waals surface area contributed by atoms with Crippen molar-refractivity contribution in [1.82, 2.24) is 5.32 Å². The van der Waals surface area contributed by atoms with E-state index in [1.54, 1.807) is 12.1 Å². The zero-order valence-electron chi connectivity index (χ0n) is 25.4. The fraction of sp³-hybridized carbons (Fsp3) is 0.306. The summed E-state index contributed by atoms with van der Waals surface area (Å²) in [5.41, 5.74) is 5.64. The number of benzene rings is 3. The van der Waals surface area contributed by atoms with E-state index in [9.17, 15) is 19.9 Å². The number of thioether (sulfide) groups is 1. The molecule has 4 aromatic rings. The molecule has 1 aliphatic rings. The average molecular weight is 643 g/mol. The van der Waals surface area contributed by atoms with Crippen molar-refractivity contribution in [1.29, 1.82) is 0 Å². The van der Waals surface area contributed by atoms with Gasteiger partial charge in [0.25, 0.3) is 5.03 Å². The van der Waals surface area contributed by atoms with E-state index in [1.165, 1.54) is 18.0 Å². The van der Waals surface area contributed by atoms with Gasteiger partial charge in [0.15, 0.2) is 12.5 Å². The van der Waals surface area contributed by atoms with Gasteiger partial charge in [-0.05, 0) is 46.7 Å². The number of aliphatic hydroxyl groups excluding tert-OH is 1. The molecule has 1 amide bonds. The van der Waals surface area contributed by atoms with Gasteiger partial charge in [0.2, 0.25) is 5.91 Å². The van der Waals surface area contributed by atoms with Gasteiger partial charge in [0.05, 0.1) is 18.8 Å². The molecule has 0 radical (unpaired) electrons. The monoisotopic (exact) mass is 642 g/mol. The predicted octanol–water partition coefficient (Wildman–Crippen LogP) is 6.08. The van der Waals surface area contributed by atoms with E-state index in [-0.39, 0.29) is 31.1 Å². The molecule has 3 N–H and O–H groups in total. The Morgan fingerprint density at radius 1 is 0.891 bits per heavy atom. The van der Waals surface area contributed by atoms with E-state index in [0.717, 1.165) is 38.1 Å². The molecule has 3 unspecified atom stereocenters. The maximum absolute atomic E-state index is 12.3. The Bertz CT molecular complexity index is 1600. The highest BCUT2D eigenvalue weighted by Gasteiger charge is 2.32. The van der Waals surface area contributed by atoms with Gasteiger partial charge in [-0.3, -0.25) is 9.59 Å². The number of nitrogens with zero attached hydrogens (tertiary/aromatic N) is 1. The van der Waals surface area contributed by atoms with Crippen LogP contribution in [0.1, 0.15) is 66.8 Å². The highest BCUT2D eigenvalue weighted by molar-refractivity contribution is 7.99. The van der Waals surface area contributed by atoms with E-state index in [1.807, 2.05) is 78.9 Å². The molecule has 2 heterocycles. The minimum absolute atomic E-state index is 0.0283. The first kappa shape index (κ1) is 33.2. The molecule has 3 atom stereocenters. The first-order valence-corrected chi connectivity index (χ1v) is 16.4. The summed E-state index contributed by atoms with van der Waals surface area (Å²) >= 11 is 1.45. The van der Waals surface area contributed by atoms with Crippen LogP contribution >= 0.6 is 11.8 Å². The fourth-order valence-electron chi connectivity index (χ4n) is 5.35. The number of nitrogens with one attached hydrogen (secondary N) is 1.